The van der Waals surface area contributed by atoms with Crippen LogP contribution in [0.3, 0.4) is 0 Å². The second-order valence-corrected chi connectivity index (χ2v) is 6.53. The number of hydrogen-bond acceptors (Lipinski definition) is 4. The van der Waals surface area contributed by atoms with Crippen LogP contribution in [0.5, 0.6) is 11.5 Å². The maximum Gasteiger partial charge on any atom is 0.175 e. The summed E-state index contributed by atoms with van der Waals surface area (Å²) in [6.07, 6.45) is 0. The highest BCUT2D eigenvalue weighted by atomic mass is 79.9. The Morgan fingerprint density at radius 2 is 1.86 bits per heavy atom. The SMILES string of the molecule is CCOc1cc(CNC)cc(Br)c1OCCOC(C)(C)C. The molecule has 0 aromatic heterocycles. The van der Waals surface area contributed by atoms with Crippen LogP contribution in [0.1, 0.15) is 33.3 Å². The molecule has 21 heavy (non-hydrogen) atoms. The van der Waals surface area contributed by atoms with Crippen molar-refractivity contribution in [2.24, 2.45) is 0 Å². The first-order valence-electron chi connectivity index (χ1n) is 7.24. The zero-order chi connectivity index (χ0) is 15.9. The molecule has 0 bridgehead atoms. The Morgan fingerprint density at radius 1 is 1.14 bits per heavy atom. The van der Waals surface area contributed by atoms with Crippen LogP contribution in [0, 0.1) is 0 Å². The second-order valence-electron chi connectivity index (χ2n) is 5.68. The minimum atomic E-state index is -0.153. The predicted molar refractivity (Wildman–Crippen MR) is 89.3 cm³/mol. The molecule has 1 aromatic carbocycles. The van der Waals surface area contributed by atoms with Gasteiger partial charge in [0.05, 0.1) is 23.3 Å². The summed E-state index contributed by atoms with van der Waals surface area (Å²) in [5.41, 5.74) is 0.992. The largest absolute Gasteiger partial charge is 0.490 e. The fourth-order valence-corrected chi connectivity index (χ4v) is 2.43. The van der Waals surface area contributed by atoms with Crippen LogP contribution in [0.4, 0.5) is 0 Å². The Balaban J connectivity index is 2.75. The quantitative estimate of drug-likeness (QED) is 0.717. The number of hydrogen-bond donors (Lipinski definition) is 1. The molecule has 0 aliphatic rings. The Bertz CT molecular complexity index is 444. The van der Waals surface area contributed by atoms with Gasteiger partial charge in [0.1, 0.15) is 6.61 Å². The molecule has 4 nitrogen and oxygen atoms in total. The molecule has 0 unspecified atom stereocenters. The van der Waals surface area contributed by atoms with E-state index in [0.29, 0.717) is 19.8 Å². The zero-order valence-electron chi connectivity index (χ0n) is 13.6. The van der Waals surface area contributed by atoms with Crippen molar-refractivity contribution in [2.75, 3.05) is 26.9 Å². The summed E-state index contributed by atoms with van der Waals surface area (Å²) in [4.78, 5) is 0. The maximum atomic E-state index is 5.83. The molecule has 0 saturated carbocycles. The summed E-state index contributed by atoms with van der Waals surface area (Å²) in [5.74, 6) is 1.49. The highest BCUT2D eigenvalue weighted by Gasteiger charge is 2.13. The molecule has 1 aromatic rings. The minimum Gasteiger partial charge on any atom is -0.490 e. The van der Waals surface area contributed by atoms with Crippen LogP contribution < -0.4 is 14.8 Å². The maximum absolute atomic E-state index is 5.83. The topological polar surface area (TPSA) is 39.7 Å². The van der Waals surface area contributed by atoms with Crippen molar-refractivity contribution >= 4 is 15.9 Å². The predicted octanol–water partition coefficient (Wildman–Crippen LogP) is 3.76. The summed E-state index contributed by atoms with van der Waals surface area (Å²) < 4.78 is 18.1. The molecule has 0 fully saturated rings. The fraction of sp³-hybridized carbons (Fsp3) is 0.625. The van der Waals surface area contributed by atoms with Crippen molar-refractivity contribution in [2.45, 2.75) is 39.8 Å². The molecule has 0 aliphatic carbocycles. The van der Waals surface area contributed by atoms with Crippen LogP contribution >= 0.6 is 15.9 Å². The Labute approximate surface area is 136 Å². The third kappa shape index (κ3) is 6.68. The van der Waals surface area contributed by atoms with Gasteiger partial charge in [0.2, 0.25) is 0 Å². The molecule has 120 valence electrons. The molecule has 0 aliphatic heterocycles. The first-order valence-corrected chi connectivity index (χ1v) is 8.03. The van der Waals surface area contributed by atoms with Crippen molar-refractivity contribution < 1.29 is 14.2 Å². The molecular formula is C16H26BrNO3. The zero-order valence-corrected chi connectivity index (χ0v) is 15.2. The monoisotopic (exact) mass is 359 g/mol. The van der Waals surface area contributed by atoms with Gasteiger partial charge in [-0.2, -0.15) is 0 Å². The Morgan fingerprint density at radius 3 is 2.43 bits per heavy atom. The molecule has 1 rings (SSSR count). The Kier molecular flexibility index (Phi) is 7.49. The van der Waals surface area contributed by atoms with Gasteiger partial charge in [0, 0.05) is 6.54 Å². The summed E-state index contributed by atoms with van der Waals surface area (Å²) in [5, 5.41) is 3.13. The van der Waals surface area contributed by atoms with Gasteiger partial charge >= 0.3 is 0 Å². The van der Waals surface area contributed by atoms with E-state index in [4.69, 9.17) is 14.2 Å². The number of rotatable bonds is 8. The highest BCUT2D eigenvalue weighted by molar-refractivity contribution is 9.10. The van der Waals surface area contributed by atoms with Gasteiger partial charge in [-0.25, -0.2) is 0 Å². The van der Waals surface area contributed by atoms with Gasteiger partial charge in [0.15, 0.2) is 11.5 Å². The molecule has 0 spiro atoms. The molecule has 1 N–H and O–H groups in total. The van der Waals surface area contributed by atoms with Gasteiger partial charge in [0.25, 0.3) is 0 Å². The van der Waals surface area contributed by atoms with Gasteiger partial charge in [-0.1, -0.05) is 0 Å². The van der Waals surface area contributed by atoms with Crippen LogP contribution in [-0.4, -0.2) is 32.5 Å². The normalized spacial score (nSPS) is 11.5. The number of ether oxygens (including phenoxy) is 3. The van der Waals surface area contributed by atoms with E-state index in [1.54, 1.807) is 0 Å². The van der Waals surface area contributed by atoms with Gasteiger partial charge in [-0.15, -0.1) is 0 Å². The lowest BCUT2D eigenvalue weighted by Crippen LogP contribution is -2.22. The summed E-state index contributed by atoms with van der Waals surface area (Å²) in [6, 6.07) is 4.05. The van der Waals surface area contributed by atoms with Gasteiger partial charge in [-0.05, 0) is 68.4 Å². The highest BCUT2D eigenvalue weighted by Crippen LogP contribution is 2.37. The summed E-state index contributed by atoms with van der Waals surface area (Å²) in [6.45, 7) is 10.5. The van der Waals surface area contributed by atoms with Gasteiger partial charge in [-0.3, -0.25) is 0 Å². The lowest BCUT2D eigenvalue weighted by molar-refractivity contribution is -0.0166. The summed E-state index contributed by atoms with van der Waals surface area (Å²) >= 11 is 3.56. The van der Waals surface area contributed by atoms with Crippen molar-refractivity contribution in [3.63, 3.8) is 0 Å². The van der Waals surface area contributed by atoms with E-state index < -0.39 is 0 Å². The molecule has 0 amide bonds. The lowest BCUT2D eigenvalue weighted by atomic mass is 10.2. The third-order valence-corrected chi connectivity index (χ3v) is 3.20. The fourth-order valence-electron chi connectivity index (χ4n) is 1.82. The lowest BCUT2D eigenvalue weighted by Gasteiger charge is -2.20. The third-order valence-electron chi connectivity index (χ3n) is 2.61. The molecule has 0 saturated heterocycles. The van der Waals surface area contributed by atoms with E-state index in [2.05, 4.69) is 21.2 Å². The van der Waals surface area contributed by atoms with E-state index in [1.165, 1.54) is 0 Å². The van der Waals surface area contributed by atoms with E-state index in [0.717, 1.165) is 28.1 Å². The second kappa shape index (κ2) is 8.61. The number of benzene rings is 1. The van der Waals surface area contributed by atoms with Crippen molar-refractivity contribution in [3.8, 4) is 11.5 Å². The van der Waals surface area contributed by atoms with E-state index in [-0.39, 0.29) is 5.60 Å². The van der Waals surface area contributed by atoms with Crippen molar-refractivity contribution in [1.82, 2.24) is 5.32 Å². The van der Waals surface area contributed by atoms with Crippen LogP contribution in [0.25, 0.3) is 0 Å². The van der Waals surface area contributed by atoms with E-state index >= 15 is 0 Å². The molecule has 5 heteroatoms. The number of nitrogens with one attached hydrogen (secondary N) is 1. The van der Waals surface area contributed by atoms with Crippen LogP contribution in [0.15, 0.2) is 16.6 Å². The average molecular weight is 360 g/mol. The smallest absolute Gasteiger partial charge is 0.175 e. The molecule has 0 atom stereocenters. The van der Waals surface area contributed by atoms with Crippen LogP contribution in [0.2, 0.25) is 0 Å². The first-order chi connectivity index (χ1) is 9.87. The summed E-state index contributed by atoms with van der Waals surface area (Å²) in [7, 11) is 1.92. The molecule has 0 heterocycles. The minimum absolute atomic E-state index is 0.153. The van der Waals surface area contributed by atoms with Crippen molar-refractivity contribution in [1.29, 1.82) is 0 Å². The van der Waals surface area contributed by atoms with Crippen molar-refractivity contribution in [3.05, 3.63) is 22.2 Å². The van der Waals surface area contributed by atoms with E-state index in [1.807, 2.05) is 46.9 Å². The first kappa shape index (κ1) is 18.3. The molecular weight excluding hydrogens is 334 g/mol. The average Bonchev–Trinajstić information content (AvgIpc) is 2.36. The Hall–Kier alpha value is -0.780. The number of halogens is 1. The van der Waals surface area contributed by atoms with E-state index in [9.17, 15) is 0 Å². The van der Waals surface area contributed by atoms with Crippen LogP contribution in [-0.2, 0) is 11.3 Å². The standard InChI is InChI=1S/C16H26BrNO3/c1-6-19-14-10-12(11-18-5)9-13(17)15(14)20-7-8-21-16(2,3)4/h9-10,18H,6-8,11H2,1-5H3. The molecule has 0 radical (unpaired) electrons. The van der Waals surface area contributed by atoms with Gasteiger partial charge < -0.3 is 19.5 Å².